The summed E-state index contributed by atoms with van der Waals surface area (Å²) in [5.41, 5.74) is 0. The molecule has 0 bridgehead atoms. The summed E-state index contributed by atoms with van der Waals surface area (Å²) in [7, 11) is 0. The van der Waals surface area contributed by atoms with Crippen LogP contribution in [0.1, 0.15) is 13.3 Å². The zero-order valence-electron chi connectivity index (χ0n) is 7.41. The quantitative estimate of drug-likeness (QED) is 0.644. The van der Waals surface area contributed by atoms with Crippen molar-refractivity contribution >= 4 is 28.4 Å². The van der Waals surface area contributed by atoms with Gasteiger partial charge in [0.1, 0.15) is 0 Å². The Morgan fingerprint density at radius 1 is 1.75 bits per heavy atom. The van der Waals surface area contributed by atoms with Crippen LogP contribution in [0, 0.1) is 5.92 Å². The van der Waals surface area contributed by atoms with Crippen LogP contribution in [0.4, 0.5) is 0 Å². The van der Waals surface area contributed by atoms with Crippen molar-refractivity contribution in [3.63, 3.8) is 0 Å². The highest BCUT2D eigenvalue weighted by Gasteiger charge is 2.22. The zero-order valence-corrected chi connectivity index (χ0v) is 9.04. The highest BCUT2D eigenvalue weighted by Crippen LogP contribution is 2.19. The first-order chi connectivity index (χ1) is 5.72. The minimum absolute atomic E-state index is 0.390. The molecule has 1 saturated heterocycles. The van der Waals surface area contributed by atoms with Gasteiger partial charge >= 0.3 is 0 Å². The van der Waals surface area contributed by atoms with Gasteiger partial charge in [-0.25, -0.2) is 0 Å². The molecule has 0 spiro atoms. The molecule has 0 aromatic carbocycles. The summed E-state index contributed by atoms with van der Waals surface area (Å²) in [4.78, 5) is 0. The van der Waals surface area contributed by atoms with Crippen molar-refractivity contribution in [3.8, 4) is 0 Å². The third-order valence-corrected chi connectivity index (χ3v) is 2.95. The second kappa shape index (κ2) is 5.04. The van der Waals surface area contributed by atoms with Gasteiger partial charge in [0.15, 0.2) is 0 Å². The lowest BCUT2D eigenvalue weighted by Gasteiger charge is -2.08. The van der Waals surface area contributed by atoms with Gasteiger partial charge in [-0.1, -0.05) is 11.8 Å². The standard InChI is InChI=1S/C8H14O2S2/c1-6-3-7(4-9-6)5-10-8(11)12-2/h6-7H,3-5H2,1-2H3. The van der Waals surface area contributed by atoms with Gasteiger partial charge in [0.25, 0.3) is 0 Å². The highest BCUT2D eigenvalue weighted by molar-refractivity contribution is 8.22. The summed E-state index contributed by atoms with van der Waals surface area (Å²) < 4.78 is 11.4. The molecule has 0 aromatic rings. The molecule has 2 unspecified atom stereocenters. The molecule has 4 heteroatoms. The van der Waals surface area contributed by atoms with E-state index in [0.29, 0.717) is 23.0 Å². The fraction of sp³-hybridized carbons (Fsp3) is 0.875. The molecule has 1 fully saturated rings. The van der Waals surface area contributed by atoms with Gasteiger partial charge in [-0.2, -0.15) is 0 Å². The number of rotatable bonds is 2. The molecule has 2 nitrogen and oxygen atoms in total. The van der Waals surface area contributed by atoms with Crippen molar-refractivity contribution in [1.29, 1.82) is 0 Å². The smallest absolute Gasteiger partial charge is 0.219 e. The lowest BCUT2D eigenvalue weighted by atomic mass is 10.1. The van der Waals surface area contributed by atoms with Crippen molar-refractivity contribution in [2.24, 2.45) is 5.92 Å². The normalized spacial score (nSPS) is 28.8. The molecule has 1 heterocycles. The van der Waals surface area contributed by atoms with E-state index in [9.17, 15) is 0 Å². The minimum Gasteiger partial charge on any atom is -0.478 e. The van der Waals surface area contributed by atoms with Crippen molar-refractivity contribution in [2.45, 2.75) is 19.4 Å². The molecule has 1 aliphatic heterocycles. The first-order valence-electron chi connectivity index (χ1n) is 4.04. The van der Waals surface area contributed by atoms with Gasteiger partial charge in [0.05, 0.1) is 19.3 Å². The SMILES string of the molecule is CSC(=S)OCC1COC(C)C1. The van der Waals surface area contributed by atoms with Crippen LogP contribution >= 0.6 is 24.0 Å². The molecular weight excluding hydrogens is 192 g/mol. The van der Waals surface area contributed by atoms with Gasteiger partial charge in [-0.05, 0) is 31.8 Å². The molecule has 70 valence electrons. The van der Waals surface area contributed by atoms with E-state index in [4.69, 9.17) is 21.7 Å². The monoisotopic (exact) mass is 206 g/mol. The molecule has 1 rings (SSSR count). The predicted molar refractivity (Wildman–Crippen MR) is 55.6 cm³/mol. The summed E-state index contributed by atoms with van der Waals surface area (Å²) in [6.07, 6.45) is 3.41. The first-order valence-corrected chi connectivity index (χ1v) is 5.68. The van der Waals surface area contributed by atoms with E-state index in [1.807, 2.05) is 6.26 Å². The lowest BCUT2D eigenvalue weighted by molar-refractivity contribution is 0.114. The van der Waals surface area contributed by atoms with Crippen molar-refractivity contribution in [1.82, 2.24) is 0 Å². The lowest BCUT2D eigenvalue weighted by Crippen LogP contribution is -2.11. The molecule has 0 saturated carbocycles. The van der Waals surface area contributed by atoms with E-state index in [1.165, 1.54) is 11.8 Å². The van der Waals surface area contributed by atoms with Gasteiger partial charge in [-0.3, -0.25) is 0 Å². The molecular formula is C8H14O2S2. The predicted octanol–water partition coefficient (Wildman–Crippen LogP) is 2.08. The molecule has 0 N–H and O–H groups in total. The topological polar surface area (TPSA) is 18.5 Å². The van der Waals surface area contributed by atoms with Crippen LogP contribution in [-0.4, -0.2) is 30.0 Å². The summed E-state index contributed by atoms with van der Waals surface area (Å²) in [6, 6.07) is 0. The van der Waals surface area contributed by atoms with Crippen molar-refractivity contribution in [3.05, 3.63) is 0 Å². The molecule has 0 aromatic heterocycles. The van der Waals surface area contributed by atoms with E-state index >= 15 is 0 Å². The Hall–Kier alpha value is 0.200. The first kappa shape index (κ1) is 10.3. The summed E-state index contributed by atoms with van der Waals surface area (Å²) in [5.74, 6) is 0.532. The maximum absolute atomic E-state index is 5.40. The van der Waals surface area contributed by atoms with Gasteiger partial charge in [0, 0.05) is 5.92 Å². The Bertz CT molecular complexity index is 161. The maximum atomic E-state index is 5.40. The van der Waals surface area contributed by atoms with E-state index in [0.717, 1.165) is 13.0 Å². The third-order valence-electron chi connectivity index (χ3n) is 1.89. The number of thioether (sulfide) groups is 1. The summed E-state index contributed by atoms with van der Waals surface area (Å²) >= 11 is 6.40. The van der Waals surface area contributed by atoms with Crippen molar-refractivity contribution in [2.75, 3.05) is 19.5 Å². The Kier molecular flexibility index (Phi) is 4.32. The fourth-order valence-electron chi connectivity index (χ4n) is 1.27. The Morgan fingerprint density at radius 3 is 3.00 bits per heavy atom. The van der Waals surface area contributed by atoms with Crippen LogP contribution in [0.5, 0.6) is 0 Å². The van der Waals surface area contributed by atoms with Crippen LogP contribution in [-0.2, 0) is 9.47 Å². The zero-order chi connectivity index (χ0) is 8.97. The van der Waals surface area contributed by atoms with Crippen LogP contribution in [0.25, 0.3) is 0 Å². The van der Waals surface area contributed by atoms with E-state index < -0.39 is 0 Å². The largest absolute Gasteiger partial charge is 0.478 e. The molecule has 0 radical (unpaired) electrons. The highest BCUT2D eigenvalue weighted by atomic mass is 32.2. The third kappa shape index (κ3) is 3.29. The van der Waals surface area contributed by atoms with Crippen LogP contribution in [0.2, 0.25) is 0 Å². The summed E-state index contributed by atoms with van der Waals surface area (Å²) in [5, 5.41) is 0. The molecule has 12 heavy (non-hydrogen) atoms. The van der Waals surface area contributed by atoms with E-state index in [-0.39, 0.29) is 0 Å². The number of thiocarbonyl (C=S) groups is 1. The minimum atomic E-state index is 0.390. The second-order valence-electron chi connectivity index (χ2n) is 3.01. The van der Waals surface area contributed by atoms with Gasteiger partial charge in [-0.15, -0.1) is 0 Å². The average molecular weight is 206 g/mol. The number of hydrogen-bond acceptors (Lipinski definition) is 4. The van der Waals surface area contributed by atoms with Crippen LogP contribution < -0.4 is 0 Å². The van der Waals surface area contributed by atoms with Gasteiger partial charge in [0.2, 0.25) is 4.38 Å². The van der Waals surface area contributed by atoms with E-state index in [2.05, 4.69) is 6.92 Å². The number of hydrogen-bond donors (Lipinski definition) is 0. The van der Waals surface area contributed by atoms with Crippen LogP contribution in [0.15, 0.2) is 0 Å². The molecule has 1 aliphatic rings. The Balaban J connectivity index is 2.11. The van der Waals surface area contributed by atoms with Gasteiger partial charge < -0.3 is 9.47 Å². The second-order valence-corrected chi connectivity index (χ2v) is 4.42. The van der Waals surface area contributed by atoms with Crippen LogP contribution in [0.3, 0.4) is 0 Å². The number of ether oxygens (including phenoxy) is 2. The molecule has 2 atom stereocenters. The summed E-state index contributed by atoms with van der Waals surface area (Å²) in [6.45, 7) is 3.62. The molecule has 0 amide bonds. The maximum Gasteiger partial charge on any atom is 0.219 e. The Morgan fingerprint density at radius 2 is 2.50 bits per heavy atom. The molecule has 0 aliphatic carbocycles. The Labute approximate surface area is 83.0 Å². The van der Waals surface area contributed by atoms with E-state index in [1.54, 1.807) is 0 Å². The fourth-order valence-corrected chi connectivity index (χ4v) is 1.52. The average Bonchev–Trinajstić information content (AvgIpc) is 2.47. The van der Waals surface area contributed by atoms with Crippen molar-refractivity contribution < 1.29 is 9.47 Å².